The maximum atomic E-state index is 10.8. The lowest BCUT2D eigenvalue weighted by Gasteiger charge is -2.24. The molecule has 0 aliphatic carbocycles. The highest BCUT2D eigenvalue weighted by atomic mass is 16.5. The summed E-state index contributed by atoms with van der Waals surface area (Å²) >= 11 is 0. The number of hydrogen-bond donors (Lipinski definition) is 2. The number of rotatable bonds is 8. The average Bonchev–Trinajstić information content (AvgIpc) is 2.93. The molecule has 2 rings (SSSR count). The van der Waals surface area contributed by atoms with Gasteiger partial charge in [0, 0.05) is 19.2 Å². The van der Waals surface area contributed by atoms with Crippen molar-refractivity contribution in [3.05, 3.63) is 29.8 Å². The number of carbonyl (C=O) groups is 1. The highest BCUT2D eigenvalue weighted by Gasteiger charge is 2.23. The van der Waals surface area contributed by atoms with E-state index in [2.05, 4.69) is 4.90 Å². The van der Waals surface area contributed by atoms with Crippen LogP contribution in [0, 0.1) is 0 Å². The van der Waals surface area contributed by atoms with Gasteiger partial charge in [-0.15, -0.1) is 0 Å². The number of benzene rings is 1. The molecule has 1 aliphatic rings. The van der Waals surface area contributed by atoms with Gasteiger partial charge in [-0.2, -0.15) is 0 Å². The Morgan fingerprint density at radius 1 is 1.33 bits per heavy atom. The Labute approximate surface area is 125 Å². The van der Waals surface area contributed by atoms with Gasteiger partial charge in [-0.05, 0) is 56.5 Å². The van der Waals surface area contributed by atoms with Gasteiger partial charge in [0.05, 0.1) is 5.56 Å². The topological polar surface area (TPSA) is 70.0 Å². The summed E-state index contributed by atoms with van der Waals surface area (Å²) in [7, 11) is 0. The van der Waals surface area contributed by atoms with Crippen molar-refractivity contribution in [2.24, 2.45) is 0 Å². The van der Waals surface area contributed by atoms with Crippen molar-refractivity contribution in [3.63, 3.8) is 0 Å². The zero-order valence-corrected chi connectivity index (χ0v) is 12.2. The van der Waals surface area contributed by atoms with E-state index in [-0.39, 0.29) is 12.2 Å². The van der Waals surface area contributed by atoms with Crippen molar-refractivity contribution in [1.29, 1.82) is 0 Å². The predicted octanol–water partition coefficient (Wildman–Crippen LogP) is 2.00. The van der Waals surface area contributed by atoms with E-state index in [1.165, 1.54) is 12.8 Å². The van der Waals surface area contributed by atoms with Gasteiger partial charge in [-0.1, -0.05) is 0 Å². The fourth-order valence-corrected chi connectivity index (χ4v) is 2.82. The minimum absolute atomic E-state index is 0.261. The normalized spacial score (nSPS) is 18.8. The van der Waals surface area contributed by atoms with E-state index in [1.54, 1.807) is 24.3 Å². The molecule has 1 aliphatic heterocycles. The molecule has 0 bridgehead atoms. The summed E-state index contributed by atoms with van der Waals surface area (Å²) in [6.07, 6.45) is 4.32. The molecule has 1 fully saturated rings. The molecule has 2 N–H and O–H groups in total. The van der Waals surface area contributed by atoms with Crippen LogP contribution < -0.4 is 4.74 Å². The van der Waals surface area contributed by atoms with E-state index in [4.69, 9.17) is 14.9 Å². The smallest absolute Gasteiger partial charge is 0.335 e. The van der Waals surface area contributed by atoms with E-state index in [0.717, 1.165) is 25.9 Å². The lowest BCUT2D eigenvalue weighted by molar-refractivity contribution is 0.0697. The van der Waals surface area contributed by atoms with Crippen LogP contribution >= 0.6 is 0 Å². The fraction of sp³-hybridized carbons (Fsp3) is 0.562. The number of nitrogens with zero attached hydrogens (tertiary/aromatic N) is 1. The van der Waals surface area contributed by atoms with Crippen LogP contribution in [-0.4, -0.2) is 53.4 Å². The molecule has 21 heavy (non-hydrogen) atoms. The standard InChI is InChI=1S/C16H23NO4/c18-11-2-4-14-3-1-9-17(14)10-12-21-15-7-5-13(6-8-15)16(19)20/h5-8,14,18H,1-4,9-12H2,(H,19,20). The van der Waals surface area contributed by atoms with E-state index in [9.17, 15) is 4.79 Å². The van der Waals surface area contributed by atoms with E-state index >= 15 is 0 Å². The average molecular weight is 293 g/mol. The molecular weight excluding hydrogens is 270 g/mol. The largest absolute Gasteiger partial charge is 0.492 e. The second kappa shape index (κ2) is 8.00. The predicted molar refractivity (Wildman–Crippen MR) is 79.8 cm³/mol. The van der Waals surface area contributed by atoms with Crippen LogP contribution in [0.15, 0.2) is 24.3 Å². The Morgan fingerprint density at radius 3 is 2.76 bits per heavy atom. The van der Waals surface area contributed by atoms with E-state index < -0.39 is 5.97 Å². The third kappa shape index (κ3) is 4.72. The minimum atomic E-state index is -0.926. The monoisotopic (exact) mass is 293 g/mol. The third-order valence-corrected chi connectivity index (χ3v) is 3.94. The number of carboxylic acid groups (broad SMARTS) is 1. The molecule has 1 atom stereocenters. The first-order chi connectivity index (χ1) is 10.2. The lowest BCUT2D eigenvalue weighted by Crippen LogP contribution is -2.33. The van der Waals surface area contributed by atoms with Gasteiger partial charge in [0.1, 0.15) is 12.4 Å². The summed E-state index contributed by atoms with van der Waals surface area (Å²) in [4.78, 5) is 13.2. The van der Waals surface area contributed by atoms with Crippen LogP contribution in [0.3, 0.4) is 0 Å². The maximum Gasteiger partial charge on any atom is 0.335 e. The molecule has 0 spiro atoms. The number of likely N-dealkylation sites (tertiary alicyclic amines) is 1. The zero-order valence-electron chi connectivity index (χ0n) is 12.2. The SMILES string of the molecule is O=C(O)c1ccc(OCCN2CCCC2CCCO)cc1. The molecule has 0 radical (unpaired) electrons. The molecular formula is C16H23NO4. The van der Waals surface area contributed by atoms with Crippen molar-refractivity contribution >= 4 is 5.97 Å². The van der Waals surface area contributed by atoms with Crippen LogP contribution in [-0.2, 0) is 0 Å². The van der Waals surface area contributed by atoms with Gasteiger partial charge in [-0.3, -0.25) is 4.90 Å². The highest BCUT2D eigenvalue weighted by molar-refractivity contribution is 5.87. The molecule has 0 aromatic heterocycles. The number of hydrogen-bond acceptors (Lipinski definition) is 4. The Morgan fingerprint density at radius 2 is 2.10 bits per heavy atom. The molecule has 0 amide bonds. The summed E-state index contributed by atoms with van der Waals surface area (Å²) in [5.41, 5.74) is 0.269. The fourth-order valence-electron chi connectivity index (χ4n) is 2.82. The number of aliphatic hydroxyl groups is 1. The third-order valence-electron chi connectivity index (χ3n) is 3.94. The van der Waals surface area contributed by atoms with Crippen LogP contribution in [0.4, 0.5) is 0 Å². The van der Waals surface area contributed by atoms with Crippen molar-refractivity contribution in [2.75, 3.05) is 26.3 Å². The Balaban J connectivity index is 1.74. The zero-order chi connectivity index (χ0) is 15.1. The molecule has 0 saturated carbocycles. The second-order valence-electron chi connectivity index (χ2n) is 5.38. The maximum absolute atomic E-state index is 10.8. The summed E-state index contributed by atoms with van der Waals surface area (Å²) in [5, 5.41) is 17.7. The summed E-state index contributed by atoms with van der Waals surface area (Å²) in [5.74, 6) is -0.226. The second-order valence-corrected chi connectivity index (χ2v) is 5.38. The quantitative estimate of drug-likeness (QED) is 0.767. The molecule has 5 nitrogen and oxygen atoms in total. The minimum Gasteiger partial charge on any atom is -0.492 e. The van der Waals surface area contributed by atoms with Gasteiger partial charge < -0.3 is 14.9 Å². The Bertz CT molecular complexity index is 446. The molecule has 1 unspecified atom stereocenters. The molecule has 116 valence electrons. The van der Waals surface area contributed by atoms with Gasteiger partial charge in [-0.25, -0.2) is 4.79 Å². The van der Waals surface area contributed by atoms with Gasteiger partial charge >= 0.3 is 5.97 Å². The van der Waals surface area contributed by atoms with Crippen molar-refractivity contribution in [3.8, 4) is 5.75 Å². The van der Waals surface area contributed by atoms with Crippen LogP contribution in [0.2, 0.25) is 0 Å². The molecule has 1 saturated heterocycles. The van der Waals surface area contributed by atoms with E-state index in [0.29, 0.717) is 18.4 Å². The first-order valence-electron chi connectivity index (χ1n) is 7.52. The van der Waals surface area contributed by atoms with Crippen LogP contribution in [0.5, 0.6) is 5.75 Å². The first kappa shape index (κ1) is 15.8. The number of aliphatic hydroxyl groups excluding tert-OH is 1. The van der Waals surface area contributed by atoms with Crippen molar-refractivity contribution < 1.29 is 19.7 Å². The highest BCUT2D eigenvalue weighted by Crippen LogP contribution is 2.21. The van der Waals surface area contributed by atoms with Gasteiger partial charge in [0.25, 0.3) is 0 Å². The number of ether oxygens (including phenoxy) is 1. The Kier molecular flexibility index (Phi) is 6.02. The first-order valence-corrected chi connectivity index (χ1v) is 7.52. The summed E-state index contributed by atoms with van der Waals surface area (Å²) in [6, 6.07) is 7.05. The van der Waals surface area contributed by atoms with Gasteiger partial charge in [0.2, 0.25) is 0 Å². The number of carboxylic acids is 1. The molecule has 1 aromatic carbocycles. The molecule has 1 aromatic rings. The van der Waals surface area contributed by atoms with Crippen molar-refractivity contribution in [1.82, 2.24) is 4.90 Å². The van der Waals surface area contributed by atoms with Gasteiger partial charge in [0.15, 0.2) is 0 Å². The van der Waals surface area contributed by atoms with Crippen LogP contribution in [0.25, 0.3) is 0 Å². The summed E-state index contributed by atoms with van der Waals surface area (Å²) < 4.78 is 5.67. The van der Waals surface area contributed by atoms with Crippen LogP contribution in [0.1, 0.15) is 36.0 Å². The van der Waals surface area contributed by atoms with E-state index in [1.807, 2.05) is 0 Å². The van der Waals surface area contributed by atoms with Crippen molar-refractivity contribution in [2.45, 2.75) is 31.7 Å². The summed E-state index contributed by atoms with van der Waals surface area (Å²) in [6.45, 7) is 2.83. The number of aromatic carboxylic acids is 1. The molecule has 5 heteroatoms. The molecule has 1 heterocycles. The Hall–Kier alpha value is -1.59. The lowest BCUT2D eigenvalue weighted by atomic mass is 10.1.